The van der Waals surface area contributed by atoms with E-state index >= 15 is 0 Å². The molecule has 1 atom stereocenters. The fourth-order valence-electron chi connectivity index (χ4n) is 4.28. The SMILES string of the molecule is CCOC(=O)C1=C(C)N=c2s/c(=C\c3cc(Cl)cc(Br)c3OCC)c(=O)n2[C@@H]1c1ccccc1OC(C)C. The lowest BCUT2D eigenvalue weighted by molar-refractivity contribution is -0.139. The minimum atomic E-state index is -0.778. The number of benzene rings is 2. The number of nitrogens with zero attached hydrogens (tertiary/aromatic N) is 2. The number of rotatable bonds is 8. The highest BCUT2D eigenvalue weighted by Crippen LogP contribution is 2.36. The fraction of sp³-hybridized carbons (Fsp3) is 0.321. The van der Waals surface area contributed by atoms with Crippen LogP contribution in [0.4, 0.5) is 0 Å². The van der Waals surface area contributed by atoms with E-state index in [1.165, 1.54) is 15.9 Å². The zero-order valence-electron chi connectivity index (χ0n) is 21.7. The van der Waals surface area contributed by atoms with Gasteiger partial charge in [-0.3, -0.25) is 9.36 Å². The molecule has 0 radical (unpaired) electrons. The van der Waals surface area contributed by atoms with Gasteiger partial charge < -0.3 is 14.2 Å². The number of halogens is 2. The van der Waals surface area contributed by atoms with Crippen LogP contribution in [-0.2, 0) is 9.53 Å². The van der Waals surface area contributed by atoms with Crippen molar-refractivity contribution < 1.29 is 19.0 Å². The number of fused-ring (bicyclic) bond motifs is 1. The maximum Gasteiger partial charge on any atom is 0.338 e. The zero-order valence-corrected chi connectivity index (χ0v) is 24.9. The van der Waals surface area contributed by atoms with E-state index in [0.29, 0.717) is 59.3 Å². The van der Waals surface area contributed by atoms with Crippen molar-refractivity contribution in [2.75, 3.05) is 13.2 Å². The Hall–Kier alpha value is -2.88. The molecule has 4 rings (SSSR count). The average molecular weight is 620 g/mol. The Morgan fingerprint density at radius 1 is 1.24 bits per heavy atom. The number of carbonyl (C=O) groups excluding carboxylic acids is 1. The van der Waals surface area contributed by atoms with E-state index in [4.69, 9.17) is 25.8 Å². The maximum atomic E-state index is 14.0. The van der Waals surface area contributed by atoms with E-state index < -0.39 is 12.0 Å². The number of ether oxygens (including phenoxy) is 3. The summed E-state index contributed by atoms with van der Waals surface area (Å²) < 4.78 is 20.0. The van der Waals surface area contributed by atoms with Gasteiger partial charge >= 0.3 is 5.97 Å². The Bertz CT molecular complexity index is 1590. The number of carbonyl (C=O) groups is 1. The molecule has 0 saturated heterocycles. The fourth-order valence-corrected chi connectivity index (χ4v) is 6.26. The van der Waals surface area contributed by atoms with Gasteiger partial charge in [0.1, 0.15) is 17.5 Å². The molecule has 200 valence electrons. The van der Waals surface area contributed by atoms with Gasteiger partial charge in [-0.1, -0.05) is 41.1 Å². The van der Waals surface area contributed by atoms with E-state index in [1.54, 1.807) is 32.1 Å². The van der Waals surface area contributed by atoms with Crippen molar-refractivity contribution in [2.24, 2.45) is 4.99 Å². The summed E-state index contributed by atoms with van der Waals surface area (Å²) in [6, 6.07) is 10.1. The van der Waals surface area contributed by atoms with Crippen molar-refractivity contribution in [3.8, 4) is 11.5 Å². The molecule has 2 heterocycles. The smallest absolute Gasteiger partial charge is 0.338 e. The summed E-state index contributed by atoms with van der Waals surface area (Å²) in [6.45, 7) is 9.87. The second kappa shape index (κ2) is 11.9. The maximum absolute atomic E-state index is 14.0. The second-order valence-electron chi connectivity index (χ2n) is 8.75. The van der Waals surface area contributed by atoms with Gasteiger partial charge in [0.15, 0.2) is 4.80 Å². The zero-order chi connectivity index (χ0) is 27.6. The summed E-state index contributed by atoms with van der Waals surface area (Å²) in [4.78, 5) is 32.3. The minimum absolute atomic E-state index is 0.110. The number of hydrogen-bond donors (Lipinski definition) is 0. The van der Waals surface area contributed by atoms with Gasteiger partial charge in [-0.15, -0.1) is 0 Å². The lowest BCUT2D eigenvalue weighted by Gasteiger charge is -2.26. The van der Waals surface area contributed by atoms with E-state index in [2.05, 4.69) is 20.9 Å². The van der Waals surface area contributed by atoms with Crippen LogP contribution < -0.4 is 24.4 Å². The van der Waals surface area contributed by atoms with Gasteiger partial charge in [0.25, 0.3) is 5.56 Å². The Kier molecular flexibility index (Phi) is 8.80. The normalized spacial score (nSPS) is 15.4. The van der Waals surface area contributed by atoms with Gasteiger partial charge in [-0.2, -0.15) is 0 Å². The molecule has 38 heavy (non-hydrogen) atoms. The summed E-state index contributed by atoms with van der Waals surface area (Å²) in [5.41, 5.74) is 1.81. The van der Waals surface area contributed by atoms with Gasteiger partial charge in [-0.05, 0) is 74.8 Å². The van der Waals surface area contributed by atoms with Gasteiger partial charge in [0.05, 0.1) is 39.6 Å². The monoisotopic (exact) mass is 618 g/mol. The third-order valence-corrected chi connectivity index (χ3v) is 7.50. The van der Waals surface area contributed by atoms with Crippen LogP contribution in [0.5, 0.6) is 11.5 Å². The Balaban J connectivity index is 2.01. The molecule has 0 bridgehead atoms. The van der Waals surface area contributed by atoms with E-state index in [9.17, 15) is 9.59 Å². The Morgan fingerprint density at radius 3 is 2.66 bits per heavy atom. The topological polar surface area (TPSA) is 79.1 Å². The molecule has 2 aromatic carbocycles. The highest BCUT2D eigenvalue weighted by molar-refractivity contribution is 9.10. The number of esters is 1. The first-order chi connectivity index (χ1) is 18.2. The van der Waals surface area contributed by atoms with E-state index in [-0.39, 0.29) is 18.3 Å². The van der Waals surface area contributed by atoms with Crippen LogP contribution in [0.15, 0.2) is 61.9 Å². The Labute approximate surface area is 238 Å². The van der Waals surface area contributed by atoms with Gasteiger partial charge in [-0.25, -0.2) is 9.79 Å². The molecule has 10 heteroatoms. The summed E-state index contributed by atoms with van der Waals surface area (Å²) >= 11 is 11.1. The van der Waals surface area contributed by atoms with E-state index in [1.807, 2.05) is 45.0 Å². The molecule has 0 spiro atoms. The average Bonchev–Trinajstić information content (AvgIpc) is 3.15. The van der Waals surface area contributed by atoms with Crippen molar-refractivity contribution in [3.05, 3.63) is 88.0 Å². The predicted molar refractivity (Wildman–Crippen MR) is 153 cm³/mol. The van der Waals surface area contributed by atoms with Crippen LogP contribution in [-0.4, -0.2) is 29.9 Å². The first kappa shape index (κ1) is 28.1. The van der Waals surface area contributed by atoms with Gasteiger partial charge in [0.2, 0.25) is 0 Å². The Morgan fingerprint density at radius 2 is 1.97 bits per heavy atom. The molecule has 0 fully saturated rings. The van der Waals surface area contributed by atoms with Crippen LogP contribution in [0.2, 0.25) is 5.02 Å². The predicted octanol–water partition coefficient (Wildman–Crippen LogP) is 5.40. The molecule has 0 saturated carbocycles. The number of thiazole rings is 1. The van der Waals surface area contributed by atoms with Crippen molar-refractivity contribution in [1.29, 1.82) is 0 Å². The molecule has 0 unspecified atom stereocenters. The van der Waals surface area contributed by atoms with Crippen LogP contribution in [0.25, 0.3) is 6.08 Å². The highest BCUT2D eigenvalue weighted by Gasteiger charge is 2.35. The number of allylic oxidation sites excluding steroid dienone is 1. The molecule has 3 aromatic rings. The second-order valence-corrected chi connectivity index (χ2v) is 11.0. The lowest BCUT2D eigenvalue weighted by atomic mass is 9.95. The molecule has 0 N–H and O–H groups in total. The lowest BCUT2D eigenvalue weighted by Crippen LogP contribution is -2.40. The van der Waals surface area contributed by atoms with Gasteiger partial charge in [0, 0.05) is 16.1 Å². The number of aromatic nitrogens is 1. The first-order valence-corrected chi connectivity index (χ1v) is 14.2. The van der Waals surface area contributed by atoms with Crippen LogP contribution in [0.3, 0.4) is 0 Å². The summed E-state index contributed by atoms with van der Waals surface area (Å²) in [5.74, 6) is 0.638. The summed E-state index contributed by atoms with van der Waals surface area (Å²) in [6.07, 6.45) is 1.63. The largest absolute Gasteiger partial charge is 0.492 e. The van der Waals surface area contributed by atoms with Crippen molar-refractivity contribution in [2.45, 2.75) is 46.8 Å². The summed E-state index contributed by atoms with van der Waals surface area (Å²) in [5, 5.41) is 0.498. The molecule has 1 aliphatic rings. The third kappa shape index (κ3) is 5.60. The van der Waals surface area contributed by atoms with Crippen LogP contribution in [0.1, 0.15) is 51.8 Å². The standard InChI is InChI=1S/C28H28BrClN2O5S/c1-6-35-25-17(12-18(30)14-20(25)29)13-22-26(33)32-24(19-10-8-9-11-21(19)37-15(3)4)23(27(34)36-7-2)16(5)31-28(32)38-22/h8-15,24H,6-7H2,1-5H3/b22-13-/t24-/m1/s1. The van der Waals surface area contributed by atoms with Crippen molar-refractivity contribution in [3.63, 3.8) is 0 Å². The molecule has 0 amide bonds. The molecule has 1 aliphatic heterocycles. The number of para-hydroxylation sites is 1. The first-order valence-electron chi connectivity index (χ1n) is 12.2. The molecule has 7 nitrogen and oxygen atoms in total. The van der Waals surface area contributed by atoms with Crippen molar-refractivity contribution in [1.82, 2.24) is 4.57 Å². The van der Waals surface area contributed by atoms with Crippen LogP contribution >= 0.6 is 38.9 Å². The van der Waals surface area contributed by atoms with E-state index in [0.717, 1.165) is 0 Å². The molecular weight excluding hydrogens is 592 g/mol. The minimum Gasteiger partial charge on any atom is -0.492 e. The van der Waals surface area contributed by atoms with Crippen molar-refractivity contribution >= 4 is 50.9 Å². The third-order valence-electron chi connectivity index (χ3n) is 5.71. The molecule has 0 aliphatic carbocycles. The van der Waals surface area contributed by atoms with Crippen LogP contribution in [0, 0.1) is 0 Å². The molecule has 1 aromatic heterocycles. The molecular formula is C28H28BrClN2O5S. The summed E-state index contributed by atoms with van der Waals surface area (Å²) in [7, 11) is 0. The quantitative estimate of drug-likeness (QED) is 0.316. The highest BCUT2D eigenvalue weighted by atomic mass is 79.9. The number of hydrogen-bond acceptors (Lipinski definition) is 7.